The quantitative estimate of drug-likeness (QED) is 0.325. The van der Waals surface area contributed by atoms with Crippen LogP contribution in [0.1, 0.15) is 31.4 Å². The Balaban J connectivity index is 1.63. The van der Waals surface area contributed by atoms with Gasteiger partial charge < -0.3 is 9.59 Å². The average Bonchev–Trinajstić information content (AvgIpc) is 3.13. The van der Waals surface area contributed by atoms with E-state index in [0.29, 0.717) is 0 Å². The zero-order valence-electron chi connectivity index (χ0n) is 19.9. The van der Waals surface area contributed by atoms with Crippen LogP contribution in [0.3, 0.4) is 0 Å². The smallest absolute Gasteiger partial charge is 0.305 e. The van der Waals surface area contributed by atoms with Gasteiger partial charge in [-0.25, -0.2) is 0 Å². The van der Waals surface area contributed by atoms with Crippen molar-refractivity contribution in [2.75, 3.05) is 0 Å². The van der Waals surface area contributed by atoms with Gasteiger partial charge in [0, 0.05) is 21.6 Å². The fourth-order valence-corrected chi connectivity index (χ4v) is 6.15. The van der Waals surface area contributed by atoms with E-state index in [9.17, 15) is 5.02 Å². The molecule has 35 heavy (non-hydrogen) atoms. The average molecular weight is 449 g/mol. The molecule has 0 unspecified atom stereocenters. The van der Waals surface area contributed by atoms with E-state index in [4.69, 9.17) is 0 Å². The van der Waals surface area contributed by atoms with Crippen molar-refractivity contribution in [1.29, 1.82) is 0 Å². The first-order valence-electron chi connectivity index (χ1n) is 12.2. The van der Waals surface area contributed by atoms with E-state index in [1.165, 1.54) is 33.0 Å². The summed E-state index contributed by atoms with van der Waals surface area (Å²) in [6, 6.07) is 27.9. The van der Waals surface area contributed by atoms with Crippen molar-refractivity contribution in [1.82, 2.24) is 4.57 Å². The Morgan fingerprint density at radius 1 is 0.971 bits per heavy atom. The summed E-state index contributed by atoms with van der Waals surface area (Å²) < 4.78 is 2.31. The van der Waals surface area contributed by atoms with E-state index in [1.54, 1.807) is 0 Å². The van der Waals surface area contributed by atoms with Crippen molar-refractivity contribution in [2.45, 2.75) is 25.7 Å². The second-order valence-electron chi connectivity index (χ2n) is 10.1. The molecule has 4 aromatic carbocycles. The molecule has 0 atom stereocenters. The number of rotatable bonds is 2. The Morgan fingerprint density at radius 3 is 2.66 bits per heavy atom. The van der Waals surface area contributed by atoms with E-state index < -0.39 is 0 Å². The lowest BCUT2D eigenvalue weighted by Gasteiger charge is -2.23. The minimum absolute atomic E-state index is 0.000928. The summed E-state index contributed by atoms with van der Waals surface area (Å²) in [5.41, 5.74) is 9.46. The summed E-state index contributed by atoms with van der Waals surface area (Å²) in [5, 5.41) is 14.8. The molecule has 0 radical (unpaired) electrons. The van der Waals surface area contributed by atoms with Gasteiger partial charge in [0.05, 0.1) is 11.2 Å². The summed E-state index contributed by atoms with van der Waals surface area (Å²) in [7, 11) is -0.000928. The van der Waals surface area contributed by atoms with Crippen LogP contribution in [0.2, 0.25) is 0 Å². The maximum Gasteiger partial charge on any atom is 0.305 e. The molecule has 3 heteroatoms. The Bertz CT molecular complexity index is 1780. The zero-order chi connectivity index (χ0) is 23.7. The molecule has 0 spiro atoms. The van der Waals surface area contributed by atoms with E-state index >= 15 is 0 Å². The minimum Gasteiger partial charge on any atom is -0.449 e. The minimum atomic E-state index is -0.0871. The van der Waals surface area contributed by atoms with Crippen LogP contribution in [0.4, 0.5) is 0 Å². The second kappa shape index (κ2) is 7.25. The van der Waals surface area contributed by atoms with Gasteiger partial charge >= 0.3 is 7.48 Å². The van der Waals surface area contributed by atoms with Gasteiger partial charge in [0.2, 0.25) is 0 Å². The van der Waals surface area contributed by atoms with Crippen LogP contribution in [0.15, 0.2) is 90.5 Å². The summed E-state index contributed by atoms with van der Waals surface area (Å²) in [4.78, 5) is 0. The van der Waals surface area contributed by atoms with Gasteiger partial charge in [0.1, 0.15) is 5.52 Å². The van der Waals surface area contributed by atoms with Gasteiger partial charge in [-0.1, -0.05) is 74.5 Å². The topological polar surface area (TPSA) is 25.2 Å². The first-order chi connectivity index (χ1) is 17.1. The van der Waals surface area contributed by atoms with Crippen LogP contribution < -0.4 is 5.46 Å². The molecule has 0 aliphatic heterocycles. The predicted octanol–water partition coefficient (Wildman–Crippen LogP) is 6.07. The lowest BCUT2D eigenvalue weighted by molar-refractivity contribution is 0.616. The standard InChI is InChI=1S/C32H24BNO/c1-32(2)25-14-5-3-4-12-21(25)23-18-24-22-13-6-7-16-28(22)34(30(24)19-26(23)32)29-17-9-11-20-10-8-15-27(33-35)31(20)29/h4-6,8-15,17-19,33,35H,3H2,1-2H3. The Labute approximate surface area is 205 Å². The van der Waals surface area contributed by atoms with Crippen molar-refractivity contribution in [3.05, 3.63) is 114 Å². The van der Waals surface area contributed by atoms with Crippen LogP contribution in [0.5, 0.6) is 0 Å². The third kappa shape index (κ3) is 2.72. The lowest BCUT2D eigenvalue weighted by atomic mass is 9.80. The van der Waals surface area contributed by atoms with Crippen LogP contribution in [0, 0.1) is 12.1 Å². The molecule has 5 aromatic rings. The third-order valence-corrected chi connectivity index (χ3v) is 7.82. The maximum atomic E-state index is 10.2. The summed E-state index contributed by atoms with van der Waals surface area (Å²) >= 11 is 0. The number of hydrogen-bond acceptors (Lipinski definition) is 1. The number of allylic oxidation sites excluding steroid dienone is 6. The first-order valence-corrected chi connectivity index (χ1v) is 12.2. The van der Waals surface area contributed by atoms with Gasteiger partial charge in [-0.3, -0.25) is 0 Å². The van der Waals surface area contributed by atoms with Crippen molar-refractivity contribution in [2.24, 2.45) is 0 Å². The molecule has 0 amide bonds. The van der Waals surface area contributed by atoms with Gasteiger partial charge in [-0.05, 0) is 75.9 Å². The molecular formula is C32H24BNO. The molecule has 1 aromatic heterocycles. The fraction of sp³-hybridized carbons (Fsp3) is 0.125. The van der Waals surface area contributed by atoms with Crippen molar-refractivity contribution >= 4 is 51.1 Å². The highest BCUT2D eigenvalue weighted by atomic mass is 16.2. The number of fused-ring (bicyclic) bond motifs is 6. The monoisotopic (exact) mass is 449 g/mol. The largest absolute Gasteiger partial charge is 0.449 e. The molecule has 0 saturated heterocycles. The van der Waals surface area contributed by atoms with Crippen LogP contribution >= 0.6 is 0 Å². The molecular weight excluding hydrogens is 425 g/mol. The molecule has 2 aliphatic carbocycles. The molecule has 0 fully saturated rings. The van der Waals surface area contributed by atoms with Gasteiger partial charge in [0.15, 0.2) is 0 Å². The van der Waals surface area contributed by atoms with Crippen molar-refractivity contribution in [3.8, 4) is 5.69 Å². The SMILES string of the molecule is CC1(C)C2=C(C=CCC=C2)c2cc3c4ccc#cc4n(-c4cccc5cccc(BO)c45)c3cc21. The highest BCUT2D eigenvalue weighted by molar-refractivity contribution is 6.50. The number of aromatic nitrogens is 1. The number of hydrogen-bond donors (Lipinski definition) is 1. The van der Waals surface area contributed by atoms with Crippen LogP contribution in [-0.4, -0.2) is 17.1 Å². The third-order valence-electron chi connectivity index (χ3n) is 7.82. The highest BCUT2D eigenvalue weighted by Gasteiger charge is 2.37. The van der Waals surface area contributed by atoms with Crippen LogP contribution in [0.25, 0.3) is 43.8 Å². The fourth-order valence-electron chi connectivity index (χ4n) is 6.15. The summed E-state index contributed by atoms with van der Waals surface area (Å²) in [5.74, 6) is 0. The summed E-state index contributed by atoms with van der Waals surface area (Å²) in [6.07, 6.45) is 10.1. The molecule has 1 heterocycles. The van der Waals surface area contributed by atoms with Crippen molar-refractivity contribution in [3.63, 3.8) is 0 Å². The second-order valence-corrected chi connectivity index (χ2v) is 10.1. The van der Waals surface area contributed by atoms with Gasteiger partial charge in [0.25, 0.3) is 0 Å². The van der Waals surface area contributed by atoms with Crippen LogP contribution in [-0.2, 0) is 5.41 Å². The molecule has 0 saturated carbocycles. The Kier molecular flexibility index (Phi) is 4.22. The molecule has 2 aliphatic rings. The van der Waals surface area contributed by atoms with E-state index in [1.807, 2.05) is 18.2 Å². The van der Waals surface area contributed by atoms with E-state index in [2.05, 4.69) is 97.3 Å². The van der Waals surface area contributed by atoms with Gasteiger partial charge in [-0.2, -0.15) is 0 Å². The van der Waals surface area contributed by atoms with E-state index in [-0.39, 0.29) is 12.9 Å². The lowest BCUT2D eigenvalue weighted by Crippen LogP contribution is -2.17. The highest BCUT2D eigenvalue weighted by Crippen LogP contribution is 2.50. The Morgan fingerprint density at radius 2 is 1.80 bits per heavy atom. The number of benzene rings is 3. The Hall–Kier alpha value is -4.00. The van der Waals surface area contributed by atoms with E-state index in [0.717, 1.165) is 39.4 Å². The molecule has 2 nitrogen and oxygen atoms in total. The number of nitrogens with zero attached hydrogens (tertiary/aromatic N) is 1. The van der Waals surface area contributed by atoms with Crippen molar-refractivity contribution < 1.29 is 5.02 Å². The summed E-state index contributed by atoms with van der Waals surface area (Å²) in [6.45, 7) is 4.66. The normalized spacial score (nSPS) is 16.0. The molecule has 1 N–H and O–H groups in total. The first kappa shape index (κ1) is 20.4. The maximum absolute atomic E-state index is 10.2. The molecule has 7 rings (SSSR count). The predicted molar refractivity (Wildman–Crippen MR) is 148 cm³/mol. The molecule has 166 valence electrons. The van der Waals surface area contributed by atoms with Gasteiger partial charge in [-0.15, -0.1) is 0 Å². The molecule has 0 bridgehead atoms. The zero-order valence-corrected chi connectivity index (χ0v) is 19.9.